The van der Waals surface area contributed by atoms with Gasteiger partial charge in [-0.25, -0.2) is 0 Å². The number of aliphatic hydroxyl groups excluding tert-OH is 1. The Morgan fingerprint density at radius 3 is 3.16 bits per heavy atom. The van der Waals surface area contributed by atoms with Crippen LogP contribution in [-0.4, -0.2) is 23.6 Å². The topological polar surface area (TPSA) is 61.4 Å². The number of nitrogens with one attached hydrogen (secondary N) is 2. The molecule has 0 bridgehead atoms. The van der Waals surface area contributed by atoms with Gasteiger partial charge in [-0.05, 0) is 48.9 Å². The van der Waals surface area contributed by atoms with E-state index in [1.165, 1.54) is 12.8 Å². The van der Waals surface area contributed by atoms with Gasteiger partial charge in [-0.15, -0.1) is 0 Å². The van der Waals surface area contributed by atoms with Crippen LogP contribution in [-0.2, 0) is 11.4 Å². The highest BCUT2D eigenvalue weighted by molar-refractivity contribution is 5.95. The van der Waals surface area contributed by atoms with Crippen LogP contribution in [0.25, 0.3) is 0 Å². The van der Waals surface area contributed by atoms with E-state index in [0.29, 0.717) is 11.8 Å². The number of rotatable bonds is 3. The van der Waals surface area contributed by atoms with Crippen LogP contribution in [0.15, 0.2) is 24.3 Å². The SMILES string of the molecule is O=C(Nc1cccc(CO)c1)C1NCC2CCCC21. The standard InChI is InChI=1S/C15H20N2O2/c18-9-10-3-1-5-12(7-10)17-15(19)14-13-6-2-4-11(13)8-16-14/h1,3,5,7,11,13-14,16,18H,2,4,6,8-9H2,(H,17,19). The fraction of sp³-hybridized carbons (Fsp3) is 0.533. The van der Waals surface area contributed by atoms with Crippen molar-refractivity contribution < 1.29 is 9.90 Å². The second kappa shape index (κ2) is 5.31. The molecular formula is C15H20N2O2. The van der Waals surface area contributed by atoms with E-state index >= 15 is 0 Å². The summed E-state index contributed by atoms with van der Waals surface area (Å²) in [4.78, 5) is 12.3. The number of hydrogen-bond acceptors (Lipinski definition) is 3. The van der Waals surface area contributed by atoms with Crippen molar-refractivity contribution in [3.63, 3.8) is 0 Å². The molecule has 1 aromatic rings. The molecule has 4 heteroatoms. The van der Waals surface area contributed by atoms with Crippen molar-refractivity contribution in [1.82, 2.24) is 5.32 Å². The van der Waals surface area contributed by atoms with Crippen LogP contribution in [0.1, 0.15) is 24.8 Å². The number of aliphatic hydroxyl groups is 1. The molecule has 1 heterocycles. The minimum Gasteiger partial charge on any atom is -0.392 e. The fourth-order valence-corrected chi connectivity index (χ4v) is 3.44. The molecule has 3 N–H and O–H groups in total. The van der Waals surface area contributed by atoms with Crippen LogP contribution >= 0.6 is 0 Å². The van der Waals surface area contributed by atoms with Gasteiger partial charge < -0.3 is 15.7 Å². The summed E-state index contributed by atoms with van der Waals surface area (Å²) < 4.78 is 0. The van der Waals surface area contributed by atoms with Gasteiger partial charge in [0.2, 0.25) is 5.91 Å². The van der Waals surface area contributed by atoms with Crippen molar-refractivity contribution in [2.24, 2.45) is 11.8 Å². The number of carbonyl (C=O) groups is 1. The van der Waals surface area contributed by atoms with Gasteiger partial charge in [0, 0.05) is 5.69 Å². The maximum Gasteiger partial charge on any atom is 0.241 e. The summed E-state index contributed by atoms with van der Waals surface area (Å²) in [6.45, 7) is 0.968. The predicted molar refractivity (Wildman–Crippen MR) is 73.6 cm³/mol. The Balaban J connectivity index is 1.67. The third-order valence-electron chi connectivity index (χ3n) is 4.41. The third-order valence-corrected chi connectivity index (χ3v) is 4.41. The van der Waals surface area contributed by atoms with Crippen molar-refractivity contribution in [2.45, 2.75) is 31.9 Å². The molecule has 1 saturated carbocycles. The molecule has 1 aliphatic heterocycles. The Hall–Kier alpha value is -1.39. The number of fused-ring (bicyclic) bond motifs is 1. The zero-order chi connectivity index (χ0) is 13.2. The van der Waals surface area contributed by atoms with Crippen molar-refractivity contribution in [1.29, 1.82) is 0 Å². The molecule has 19 heavy (non-hydrogen) atoms. The molecule has 4 nitrogen and oxygen atoms in total. The Labute approximate surface area is 113 Å². The molecule has 0 aromatic heterocycles. The highest BCUT2D eigenvalue weighted by atomic mass is 16.3. The van der Waals surface area contributed by atoms with Crippen LogP contribution in [0.3, 0.4) is 0 Å². The summed E-state index contributed by atoms with van der Waals surface area (Å²) in [5.74, 6) is 1.24. The molecule has 0 spiro atoms. The van der Waals surface area contributed by atoms with Gasteiger partial charge in [0.1, 0.15) is 0 Å². The Bertz CT molecular complexity index is 475. The maximum absolute atomic E-state index is 12.3. The first kappa shape index (κ1) is 12.6. The van der Waals surface area contributed by atoms with Gasteiger partial charge in [-0.1, -0.05) is 18.6 Å². The van der Waals surface area contributed by atoms with Gasteiger partial charge in [0.05, 0.1) is 12.6 Å². The fourth-order valence-electron chi connectivity index (χ4n) is 3.44. The average Bonchev–Trinajstić information content (AvgIpc) is 3.01. The van der Waals surface area contributed by atoms with Crippen LogP contribution < -0.4 is 10.6 Å². The lowest BCUT2D eigenvalue weighted by Crippen LogP contribution is -2.39. The Morgan fingerprint density at radius 1 is 1.42 bits per heavy atom. The van der Waals surface area contributed by atoms with Crippen LogP contribution in [0.4, 0.5) is 5.69 Å². The lowest BCUT2D eigenvalue weighted by molar-refractivity contribution is -0.118. The lowest BCUT2D eigenvalue weighted by Gasteiger charge is -2.18. The van der Waals surface area contributed by atoms with Crippen molar-refractivity contribution in [3.8, 4) is 0 Å². The van der Waals surface area contributed by atoms with Gasteiger partial charge >= 0.3 is 0 Å². The summed E-state index contributed by atoms with van der Waals surface area (Å²) >= 11 is 0. The number of benzene rings is 1. The summed E-state index contributed by atoms with van der Waals surface area (Å²) in [5, 5.41) is 15.4. The highest BCUT2D eigenvalue weighted by Gasteiger charge is 2.42. The van der Waals surface area contributed by atoms with Crippen molar-refractivity contribution in [2.75, 3.05) is 11.9 Å². The number of hydrogen-bond donors (Lipinski definition) is 3. The third kappa shape index (κ3) is 2.51. The van der Waals surface area contributed by atoms with Crippen molar-refractivity contribution >= 4 is 11.6 Å². The zero-order valence-electron chi connectivity index (χ0n) is 10.9. The molecule has 2 aliphatic rings. The average molecular weight is 260 g/mol. The monoisotopic (exact) mass is 260 g/mol. The van der Waals surface area contributed by atoms with E-state index in [4.69, 9.17) is 5.11 Å². The molecule has 1 aliphatic carbocycles. The van der Waals surface area contributed by atoms with E-state index in [9.17, 15) is 4.79 Å². The first-order valence-electron chi connectivity index (χ1n) is 7.02. The smallest absolute Gasteiger partial charge is 0.241 e. The first-order chi connectivity index (χ1) is 9.28. The molecule has 3 atom stereocenters. The Morgan fingerprint density at radius 2 is 2.32 bits per heavy atom. The molecule has 2 fully saturated rings. The molecular weight excluding hydrogens is 240 g/mol. The summed E-state index contributed by atoms with van der Waals surface area (Å²) in [5.41, 5.74) is 1.58. The Kier molecular flexibility index (Phi) is 3.53. The minimum absolute atomic E-state index is 0.00388. The van der Waals surface area contributed by atoms with Gasteiger partial charge in [-0.2, -0.15) is 0 Å². The quantitative estimate of drug-likeness (QED) is 0.772. The molecule has 1 saturated heterocycles. The van der Waals surface area contributed by atoms with Gasteiger partial charge in [-0.3, -0.25) is 4.79 Å². The summed E-state index contributed by atoms with van der Waals surface area (Å²) in [6.07, 6.45) is 3.66. The molecule has 0 radical (unpaired) electrons. The molecule has 102 valence electrons. The number of amides is 1. The molecule has 1 aromatic carbocycles. The highest BCUT2D eigenvalue weighted by Crippen LogP contribution is 2.37. The summed E-state index contributed by atoms with van der Waals surface area (Å²) in [7, 11) is 0. The molecule has 3 rings (SSSR count). The van der Waals surface area contributed by atoms with E-state index in [0.717, 1.165) is 24.2 Å². The van der Waals surface area contributed by atoms with Crippen LogP contribution in [0.2, 0.25) is 0 Å². The maximum atomic E-state index is 12.3. The van der Waals surface area contributed by atoms with E-state index in [1.54, 1.807) is 0 Å². The molecule has 3 unspecified atom stereocenters. The predicted octanol–water partition coefficient (Wildman–Crippen LogP) is 1.51. The second-order valence-electron chi connectivity index (χ2n) is 5.59. The van der Waals surface area contributed by atoms with Crippen molar-refractivity contribution in [3.05, 3.63) is 29.8 Å². The summed E-state index contributed by atoms with van der Waals surface area (Å²) in [6, 6.07) is 7.32. The van der Waals surface area contributed by atoms with Gasteiger partial charge in [0.25, 0.3) is 0 Å². The van der Waals surface area contributed by atoms with Crippen LogP contribution in [0.5, 0.6) is 0 Å². The second-order valence-corrected chi connectivity index (χ2v) is 5.59. The van der Waals surface area contributed by atoms with Crippen LogP contribution in [0, 0.1) is 11.8 Å². The van der Waals surface area contributed by atoms with Gasteiger partial charge in [0.15, 0.2) is 0 Å². The van der Waals surface area contributed by atoms with E-state index in [1.807, 2.05) is 24.3 Å². The van der Waals surface area contributed by atoms with E-state index in [-0.39, 0.29) is 18.6 Å². The number of anilines is 1. The minimum atomic E-state index is -0.0507. The zero-order valence-corrected chi connectivity index (χ0v) is 10.9. The molecule has 1 amide bonds. The van der Waals surface area contributed by atoms with E-state index in [2.05, 4.69) is 10.6 Å². The first-order valence-corrected chi connectivity index (χ1v) is 7.02. The lowest BCUT2D eigenvalue weighted by atomic mass is 9.93. The normalized spacial score (nSPS) is 29.2. The van der Waals surface area contributed by atoms with E-state index < -0.39 is 0 Å². The largest absolute Gasteiger partial charge is 0.392 e. The number of carbonyl (C=O) groups excluding carboxylic acids is 1.